The number of likely N-dealkylation sites (N-methyl/N-ethyl adjacent to an activating group) is 1. The van der Waals surface area contributed by atoms with E-state index in [1.54, 1.807) is 0 Å². The van der Waals surface area contributed by atoms with Crippen molar-refractivity contribution in [1.82, 2.24) is 9.80 Å². The van der Waals surface area contributed by atoms with Gasteiger partial charge in [0.25, 0.3) is 0 Å². The van der Waals surface area contributed by atoms with Crippen LogP contribution in [0.25, 0.3) is 0 Å². The quantitative estimate of drug-likeness (QED) is 0.733. The van der Waals surface area contributed by atoms with Crippen molar-refractivity contribution >= 4 is 5.91 Å². The molecule has 5 heteroatoms. The number of amides is 1. The zero-order valence-corrected chi connectivity index (χ0v) is 11.0. The Bertz CT molecular complexity index is 236. The van der Waals surface area contributed by atoms with Crippen LogP contribution in [0, 0.1) is 0 Å². The highest BCUT2D eigenvalue weighted by atomic mass is 16.5. The van der Waals surface area contributed by atoms with E-state index in [1.807, 2.05) is 11.8 Å². The molecule has 1 atom stereocenters. The van der Waals surface area contributed by atoms with E-state index in [2.05, 4.69) is 11.9 Å². The Balaban J connectivity index is 2.40. The SMILES string of the molecule is CCOC(CN)CC(=O)N1CCCN(C)CC1. The normalized spacial score (nSPS) is 20.1. The maximum absolute atomic E-state index is 12.1. The van der Waals surface area contributed by atoms with Crippen molar-refractivity contribution in [2.24, 2.45) is 5.73 Å². The fourth-order valence-corrected chi connectivity index (χ4v) is 2.07. The van der Waals surface area contributed by atoms with E-state index in [1.165, 1.54) is 0 Å². The standard InChI is InChI=1S/C12H25N3O2/c1-3-17-11(10-13)9-12(16)15-6-4-5-14(2)7-8-15/h11H,3-10,13H2,1-2H3. The fourth-order valence-electron chi connectivity index (χ4n) is 2.07. The molecule has 1 unspecified atom stereocenters. The number of nitrogens with two attached hydrogens (primary N) is 1. The maximum Gasteiger partial charge on any atom is 0.225 e. The molecule has 0 aromatic heterocycles. The lowest BCUT2D eigenvalue weighted by Gasteiger charge is -2.23. The maximum atomic E-state index is 12.1. The fraction of sp³-hybridized carbons (Fsp3) is 0.917. The van der Waals surface area contributed by atoms with E-state index in [4.69, 9.17) is 10.5 Å². The van der Waals surface area contributed by atoms with Gasteiger partial charge in [-0.1, -0.05) is 0 Å². The first kappa shape index (κ1) is 14.4. The minimum atomic E-state index is -0.131. The largest absolute Gasteiger partial charge is 0.377 e. The molecule has 100 valence electrons. The Morgan fingerprint density at radius 1 is 1.35 bits per heavy atom. The third-order valence-electron chi connectivity index (χ3n) is 3.14. The molecule has 0 aliphatic carbocycles. The van der Waals surface area contributed by atoms with Gasteiger partial charge in [-0.15, -0.1) is 0 Å². The van der Waals surface area contributed by atoms with Crippen LogP contribution < -0.4 is 5.73 Å². The smallest absolute Gasteiger partial charge is 0.225 e. The Kier molecular flexibility index (Phi) is 6.47. The minimum Gasteiger partial charge on any atom is -0.377 e. The predicted octanol–water partition coefficient (Wildman–Crippen LogP) is -0.0956. The van der Waals surface area contributed by atoms with Crippen LogP contribution in [-0.2, 0) is 9.53 Å². The van der Waals surface area contributed by atoms with E-state index in [9.17, 15) is 4.79 Å². The van der Waals surface area contributed by atoms with Crippen LogP contribution >= 0.6 is 0 Å². The molecule has 0 saturated carbocycles. The van der Waals surface area contributed by atoms with Crippen molar-refractivity contribution in [2.45, 2.75) is 25.9 Å². The van der Waals surface area contributed by atoms with Gasteiger partial charge in [-0.25, -0.2) is 0 Å². The monoisotopic (exact) mass is 243 g/mol. The predicted molar refractivity (Wildman–Crippen MR) is 67.8 cm³/mol. The Hall–Kier alpha value is -0.650. The zero-order chi connectivity index (χ0) is 12.7. The number of hydrogen-bond acceptors (Lipinski definition) is 4. The molecule has 1 rings (SSSR count). The molecule has 1 fully saturated rings. The highest BCUT2D eigenvalue weighted by molar-refractivity contribution is 5.76. The van der Waals surface area contributed by atoms with E-state index in [-0.39, 0.29) is 12.0 Å². The first-order valence-electron chi connectivity index (χ1n) is 6.45. The van der Waals surface area contributed by atoms with Crippen LogP contribution in [0.2, 0.25) is 0 Å². The highest BCUT2D eigenvalue weighted by Gasteiger charge is 2.20. The number of carbonyl (C=O) groups is 1. The van der Waals surface area contributed by atoms with Gasteiger partial charge in [0.1, 0.15) is 0 Å². The van der Waals surface area contributed by atoms with Crippen molar-refractivity contribution in [2.75, 3.05) is 46.4 Å². The molecule has 2 N–H and O–H groups in total. The minimum absolute atomic E-state index is 0.131. The van der Waals surface area contributed by atoms with Crippen molar-refractivity contribution < 1.29 is 9.53 Å². The van der Waals surface area contributed by atoms with E-state index < -0.39 is 0 Å². The molecule has 1 saturated heterocycles. The summed E-state index contributed by atoms with van der Waals surface area (Å²) in [5.41, 5.74) is 5.59. The van der Waals surface area contributed by atoms with Crippen molar-refractivity contribution in [3.8, 4) is 0 Å². The average molecular weight is 243 g/mol. The topological polar surface area (TPSA) is 58.8 Å². The van der Waals surface area contributed by atoms with Crippen LogP contribution in [-0.4, -0.2) is 68.2 Å². The molecule has 1 aliphatic heterocycles. The van der Waals surface area contributed by atoms with Gasteiger partial charge in [0.2, 0.25) is 5.91 Å². The molecule has 1 heterocycles. The highest BCUT2D eigenvalue weighted by Crippen LogP contribution is 2.06. The van der Waals surface area contributed by atoms with Crippen LogP contribution in [0.15, 0.2) is 0 Å². The van der Waals surface area contributed by atoms with Gasteiger partial charge in [-0.3, -0.25) is 4.79 Å². The lowest BCUT2D eigenvalue weighted by molar-refractivity contribution is -0.133. The number of nitrogens with zero attached hydrogens (tertiary/aromatic N) is 2. The summed E-state index contributed by atoms with van der Waals surface area (Å²) in [4.78, 5) is 16.3. The second-order valence-corrected chi connectivity index (χ2v) is 4.55. The van der Waals surface area contributed by atoms with Gasteiger partial charge in [-0.05, 0) is 26.9 Å². The van der Waals surface area contributed by atoms with E-state index in [0.717, 1.165) is 32.6 Å². The first-order chi connectivity index (χ1) is 8.17. The third kappa shape index (κ3) is 5.02. The summed E-state index contributed by atoms with van der Waals surface area (Å²) in [5, 5.41) is 0. The van der Waals surface area contributed by atoms with Gasteiger partial charge in [0, 0.05) is 32.8 Å². The number of ether oxygens (including phenoxy) is 1. The molecule has 0 spiro atoms. The van der Waals surface area contributed by atoms with Gasteiger partial charge in [-0.2, -0.15) is 0 Å². The summed E-state index contributed by atoms with van der Waals surface area (Å²) in [6.45, 7) is 6.63. The Morgan fingerprint density at radius 3 is 2.76 bits per heavy atom. The molecular formula is C12H25N3O2. The van der Waals surface area contributed by atoms with Crippen molar-refractivity contribution in [3.05, 3.63) is 0 Å². The Morgan fingerprint density at radius 2 is 2.12 bits per heavy atom. The number of rotatable bonds is 5. The van der Waals surface area contributed by atoms with Crippen LogP contribution in [0.4, 0.5) is 0 Å². The lowest BCUT2D eigenvalue weighted by atomic mass is 10.2. The van der Waals surface area contributed by atoms with Gasteiger partial charge in [0.05, 0.1) is 12.5 Å². The van der Waals surface area contributed by atoms with Crippen molar-refractivity contribution in [3.63, 3.8) is 0 Å². The molecular weight excluding hydrogens is 218 g/mol. The van der Waals surface area contributed by atoms with E-state index in [0.29, 0.717) is 19.6 Å². The van der Waals surface area contributed by atoms with Crippen LogP contribution in [0.3, 0.4) is 0 Å². The summed E-state index contributed by atoms with van der Waals surface area (Å²) in [6, 6.07) is 0. The molecule has 0 aromatic carbocycles. The number of carbonyl (C=O) groups excluding carboxylic acids is 1. The summed E-state index contributed by atoms with van der Waals surface area (Å²) in [5.74, 6) is 0.171. The summed E-state index contributed by atoms with van der Waals surface area (Å²) in [6.07, 6.45) is 1.33. The third-order valence-corrected chi connectivity index (χ3v) is 3.14. The van der Waals surface area contributed by atoms with Crippen molar-refractivity contribution in [1.29, 1.82) is 0 Å². The summed E-state index contributed by atoms with van der Waals surface area (Å²) >= 11 is 0. The number of hydrogen-bond donors (Lipinski definition) is 1. The van der Waals surface area contributed by atoms with Crippen LogP contribution in [0.1, 0.15) is 19.8 Å². The average Bonchev–Trinajstić information content (AvgIpc) is 2.53. The second kappa shape index (κ2) is 7.63. The summed E-state index contributed by atoms with van der Waals surface area (Å²) in [7, 11) is 2.09. The molecule has 1 aliphatic rings. The second-order valence-electron chi connectivity index (χ2n) is 4.55. The molecule has 0 aromatic rings. The molecule has 17 heavy (non-hydrogen) atoms. The molecule has 5 nitrogen and oxygen atoms in total. The van der Waals surface area contributed by atoms with Crippen LogP contribution in [0.5, 0.6) is 0 Å². The van der Waals surface area contributed by atoms with Gasteiger partial charge < -0.3 is 20.3 Å². The lowest BCUT2D eigenvalue weighted by Crippen LogP contribution is -2.38. The zero-order valence-electron chi connectivity index (χ0n) is 11.0. The first-order valence-corrected chi connectivity index (χ1v) is 6.45. The Labute approximate surface area is 104 Å². The molecule has 1 amide bonds. The molecule has 0 radical (unpaired) electrons. The van der Waals surface area contributed by atoms with Gasteiger partial charge >= 0.3 is 0 Å². The van der Waals surface area contributed by atoms with Gasteiger partial charge in [0.15, 0.2) is 0 Å². The summed E-state index contributed by atoms with van der Waals surface area (Å²) < 4.78 is 5.42. The van der Waals surface area contributed by atoms with E-state index >= 15 is 0 Å². The molecule has 0 bridgehead atoms.